The lowest BCUT2D eigenvalue weighted by Gasteiger charge is -2.38. The Hall–Kier alpha value is -4.45. The molecule has 3 aliphatic carbocycles. The van der Waals surface area contributed by atoms with Crippen LogP contribution in [0.1, 0.15) is 45.6 Å². The SMILES string of the molecule is COC(=O)[C@@H]1[C@@H](C(=O)O[C@@H]2C[C@H](C)CC[C@H]2C(C)C)[C@H]2C=C[C@@H]1[C@]2(NCc1ccc(OC)cc1OC)C(=O)Nc1ccccc1[N+](=O)[O-]. The van der Waals surface area contributed by atoms with E-state index in [9.17, 15) is 24.5 Å². The molecule has 0 spiro atoms. The van der Waals surface area contributed by atoms with Crippen LogP contribution in [0.2, 0.25) is 0 Å². The number of nitrogens with zero attached hydrogens (tertiary/aromatic N) is 1. The Kier molecular flexibility index (Phi) is 10.4. The van der Waals surface area contributed by atoms with Crippen molar-refractivity contribution in [2.75, 3.05) is 26.6 Å². The van der Waals surface area contributed by atoms with E-state index in [1.807, 2.05) is 0 Å². The molecule has 12 nitrogen and oxygen atoms in total. The summed E-state index contributed by atoms with van der Waals surface area (Å²) in [5, 5.41) is 18.0. The van der Waals surface area contributed by atoms with E-state index in [1.165, 1.54) is 32.4 Å². The van der Waals surface area contributed by atoms with E-state index in [-0.39, 0.29) is 29.9 Å². The first-order valence-corrected chi connectivity index (χ1v) is 16.4. The van der Waals surface area contributed by atoms with Gasteiger partial charge in [-0.05, 0) is 42.7 Å². The van der Waals surface area contributed by atoms with Crippen molar-refractivity contribution < 1.29 is 38.3 Å². The van der Waals surface area contributed by atoms with Crippen LogP contribution in [0.5, 0.6) is 11.5 Å². The molecule has 0 heterocycles. The number of benzene rings is 2. The maximum absolute atomic E-state index is 14.7. The van der Waals surface area contributed by atoms with E-state index in [0.29, 0.717) is 35.3 Å². The highest BCUT2D eigenvalue weighted by molar-refractivity contribution is 6.03. The van der Waals surface area contributed by atoms with Crippen molar-refractivity contribution in [2.45, 2.75) is 58.2 Å². The molecule has 1 amide bonds. The first-order chi connectivity index (χ1) is 23.0. The molecule has 2 aromatic carbocycles. The monoisotopic (exact) mass is 663 g/mol. The second kappa shape index (κ2) is 14.3. The minimum absolute atomic E-state index is 0.00767. The topological polar surface area (TPSA) is 155 Å². The Morgan fingerprint density at radius 2 is 1.67 bits per heavy atom. The van der Waals surface area contributed by atoms with Crippen molar-refractivity contribution in [3.63, 3.8) is 0 Å². The number of nitro groups is 1. The number of nitrogens with one attached hydrogen (secondary N) is 2. The fraction of sp³-hybridized carbons (Fsp3) is 0.528. The number of ether oxygens (including phenoxy) is 4. The minimum Gasteiger partial charge on any atom is -0.497 e. The number of carbonyl (C=O) groups is 3. The molecule has 2 fully saturated rings. The number of carbonyl (C=O) groups excluding carboxylic acids is 3. The fourth-order valence-electron chi connectivity index (χ4n) is 8.04. The zero-order valence-corrected chi connectivity index (χ0v) is 28.3. The highest BCUT2D eigenvalue weighted by Crippen LogP contribution is 2.56. The van der Waals surface area contributed by atoms with Gasteiger partial charge in [0.2, 0.25) is 5.91 Å². The molecule has 12 heteroatoms. The van der Waals surface area contributed by atoms with Crippen molar-refractivity contribution in [3.05, 3.63) is 70.3 Å². The van der Waals surface area contributed by atoms with Gasteiger partial charge in [0, 0.05) is 36.1 Å². The summed E-state index contributed by atoms with van der Waals surface area (Å²) in [5.74, 6) is -3.68. The van der Waals surface area contributed by atoms with Gasteiger partial charge in [-0.25, -0.2) is 0 Å². The summed E-state index contributed by atoms with van der Waals surface area (Å²) in [4.78, 5) is 53.8. The maximum atomic E-state index is 14.7. The average molecular weight is 664 g/mol. The van der Waals surface area contributed by atoms with Gasteiger partial charge in [0.25, 0.3) is 5.69 Å². The lowest BCUT2D eigenvalue weighted by atomic mass is 9.75. The number of nitro benzene ring substituents is 1. The van der Waals surface area contributed by atoms with Crippen LogP contribution in [0.25, 0.3) is 0 Å². The number of anilines is 1. The van der Waals surface area contributed by atoms with Gasteiger partial charge in [-0.1, -0.05) is 57.5 Å². The third-order valence-corrected chi connectivity index (χ3v) is 10.5. The predicted molar refractivity (Wildman–Crippen MR) is 177 cm³/mol. The average Bonchev–Trinajstić information content (AvgIpc) is 3.58. The van der Waals surface area contributed by atoms with Gasteiger partial charge >= 0.3 is 11.9 Å². The first kappa shape index (κ1) is 34.9. The Balaban J connectivity index is 1.56. The number of fused-ring (bicyclic) bond motifs is 2. The van der Waals surface area contributed by atoms with Gasteiger partial charge < -0.3 is 24.3 Å². The van der Waals surface area contributed by atoms with E-state index in [4.69, 9.17) is 18.9 Å². The summed E-state index contributed by atoms with van der Waals surface area (Å²) in [6, 6.07) is 11.1. The standard InChI is InChI=1S/C36H45N3O9/c1-20(2)24-14-11-21(3)17-30(24)48-34(41)32-26-16-15-25(31(32)33(40)47-6)36(26,35(42)38-27-9-7-8-10-28(27)39(43)44)37-19-22-12-13-23(45-4)18-29(22)46-5/h7-10,12-13,15-16,18,20-21,24-26,30-32,37H,11,14,17,19H2,1-6H3,(H,38,42)/t21-,24+,25+,26-,30-,31+,32+,36-/m1/s1. The predicted octanol–water partition coefficient (Wildman–Crippen LogP) is 5.30. The second-order valence-electron chi connectivity index (χ2n) is 13.4. The normalized spacial score (nSPS) is 28.9. The van der Waals surface area contributed by atoms with E-state index in [2.05, 4.69) is 31.4 Å². The zero-order chi connectivity index (χ0) is 34.7. The summed E-state index contributed by atoms with van der Waals surface area (Å²) >= 11 is 0. The van der Waals surface area contributed by atoms with Gasteiger partial charge in [0.1, 0.15) is 28.8 Å². The highest BCUT2D eigenvalue weighted by Gasteiger charge is 2.69. The third kappa shape index (κ3) is 6.37. The summed E-state index contributed by atoms with van der Waals surface area (Å²) in [6.07, 6.45) is 5.90. The van der Waals surface area contributed by atoms with Crippen LogP contribution >= 0.6 is 0 Å². The number of para-hydroxylation sites is 2. The summed E-state index contributed by atoms with van der Waals surface area (Å²) in [7, 11) is 4.31. The van der Waals surface area contributed by atoms with Crippen molar-refractivity contribution in [1.29, 1.82) is 0 Å². The molecule has 0 unspecified atom stereocenters. The van der Waals surface area contributed by atoms with Crippen LogP contribution in [0, 0.1) is 51.5 Å². The molecule has 0 aromatic heterocycles. The van der Waals surface area contributed by atoms with E-state index in [0.717, 1.165) is 12.8 Å². The van der Waals surface area contributed by atoms with Gasteiger partial charge in [-0.15, -0.1) is 0 Å². The molecule has 2 bridgehead atoms. The van der Waals surface area contributed by atoms with Gasteiger partial charge in [0.15, 0.2) is 0 Å². The molecule has 0 aliphatic heterocycles. The largest absolute Gasteiger partial charge is 0.497 e. The summed E-state index contributed by atoms with van der Waals surface area (Å²) in [5.41, 5.74) is -1.20. The third-order valence-electron chi connectivity index (χ3n) is 10.5. The Labute approximate surface area is 280 Å². The van der Waals surface area contributed by atoms with Gasteiger partial charge in [-0.2, -0.15) is 0 Å². The van der Waals surface area contributed by atoms with Crippen LogP contribution in [-0.2, 0) is 30.4 Å². The Morgan fingerprint density at radius 1 is 0.979 bits per heavy atom. The molecule has 2 saturated carbocycles. The lowest BCUT2D eigenvalue weighted by molar-refractivity contribution is -0.383. The molecule has 0 radical (unpaired) electrons. The molecule has 258 valence electrons. The molecular formula is C36H45N3O9. The lowest BCUT2D eigenvalue weighted by Crippen LogP contribution is -2.59. The number of methoxy groups -OCH3 is 3. The first-order valence-electron chi connectivity index (χ1n) is 16.4. The van der Waals surface area contributed by atoms with Crippen LogP contribution in [0.4, 0.5) is 11.4 Å². The number of esters is 2. The molecule has 3 aliphatic rings. The molecular weight excluding hydrogens is 618 g/mol. The van der Waals surface area contributed by atoms with Crippen LogP contribution in [0.15, 0.2) is 54.6 Å². The molecule has 2 N–H and O–H groups in total. The van der Waals surface area contributed by atoms with E-state index in [1.54, 1.807) is 43.5 Å². The van der Waals surface area contributed by atoms with Crippen LogP contribution in [0.3, 0.4) is 0 Å². The Bertz CT molecular complexity index is 1580. The number of rotatable bonds is 12. The van der Waals surface area contributed by atoms with E-state index >= 15 is 0 Å². The molecule has 0 saturated heterocycles. The van der Waals surface area contributed by atoms with Crippen molar-refractivity contribution in [2.24, 2.45) is 41.4 Å². The van der Waals surface area contributed by atoms with Crippen molar-refractivity contribution in [3.8, 4) is 11.5 Å². The molecule has 48 heavy (non-hydrogen) atoms. The zero-order valence-electron chi connectivity index (χ0n) is 28.3. The minimum atomic E-state index is -1.59. The second-order valence-corrected chi connectivity index (χ2v) is 13.4. The van der Waals surface area contributed by atoms with Crippen LogP contribution in [-0.4, -0.2) is 55.7 Å². The van der Waals surface area contributed by atoms with Gasteiger partial charge in [0.05, 0.1) is 38.1 Å². The number of amides is 1. The maximum Gasteiger partial charge on any atom is 0.310 e. The van der Waals surface area contributed by atoms with Crippen LogP contribution < -0.4 is 20.1 Å². The van der Waals surface area contributed by atoms with E-state index < -0.39 is 52.0 Å². The summed E-state index contributed by atoms with van der Waals surface area (Å²) in [6.45, 7) is 6.48. The Morgan fingerprint density at radius 3 is 2.29 bits per heavy atom. The smallest absolute Gasteiger partial charge is 0.310 e. The fourth-order valence-corrected chi connectivity index (χ4v) is 8.04. The number of hydrogen-bond acceptors (Lipinski definition) is 10. The molecule has 8 atom stereocenters. The summed E-state index contributed by atoms with van der Waals surface area (Å²) < 4.78 is 22.5. The quantitative estimate of drug-likeness (QED) is 0.132. The highest BCUT2D eigenvalue weighted by atomic mass is 16.6. The number of hydrogen-bond donors (Lipinski definition) is 2. The van der Waals surface area contributed by atoms with Gasteiger partial charge in [-0.3, -0.25) is 29.8 Å². The molecule has 2 aromatic rings. The van der Waals surface area contributed by atoms with Crippen molar-refractivity contribution >= 4 is 29.2 Å². The molecule has 5 rings (SSSR count). The van der Waals surface area contributed by atoms with Crippen molar-refractivity contribution in [1.82, 2.24) is 5.32 Å².